The first-order valence-electron chi connectivity index (χ1n) is 7.21. The number of primary amides is 1. The van der Waals surface area contributed by atoms with E-state index in [4.69, 9.17) is 10.2 Å². The molecule has 1 amide bonds. The van der Waals surface area contributed by atoms with Crippen LogP contribution in [0.4, 0.5) is 6.01 Å². The van der Waals surface area contributed by atoms with E-state index < -0.39 is 5.91 Å². The molecule has 2 heterocycles. The van der Waals surface area contributed by atoms with Crippen molar-refractivity contribution in [3.63, 3.8) is 0 Å². The lowest BCUT2D eigenvalue weighted by atomic mass is 10.00. The van der Waals surface area contributed by atoms with E-state index in [2.05, 4.69) is 17.2 Å². The Bertz CT molecular complexity index is 661. The summed E-state index contributed by atoms with van der Waals surface area (Å²) in [6.07, 6.45) is 1.15. The summed E-state index contributed by atoms with van der Waals surface area (Å²) in [4.78, 5) is 18.0. The van der Waals surface area contributed by atoms with Gasteiger partial charge in [-0.3, -0.25) is 4.79 Å². The molecule has 3 rings (SSSR count). The minimum absolute atomic E-state index is 0.310. The van der Waals surface area contributed by atoms with Crippen LogP contribution in [-0.2, 0) is 0 Å². The molecule has 0 radical (unpaired) electrons. The lowest BCUT2D eigenvalue weighted by molar-refractivity contribution is 0.100. The number of nitrogens with one attached hydrogen (secondary N) is 1. The van der Waals surface area contributed by atoms with E-state index in [0.29, 0.717) is 34.6 Å². The normalized spacial score (nSPS) is 19.8. The van der Waals surface area contributed by atoms with Gasteiger partial charge in [-0.1, -0.05) is 6.07 Å². The van der Waals surface area contributed by atoms with Crippen molar-refractivity contribution >= 4 is 23.0 Å². The summed E-state index contributed by atoms with van der Waals surface area (Å²) in [6.45, 7) is 4.24. The number of oxazole rings is 1. The highest BCUT2D eigenvalue weighted by molar-refractivity contribution is 6.03. The van der Waals surface area contributed by atoms with Gasteiger partial charge >= 0.3 is 0 Å². The Kier molecular flexibility index (Phi) is 3.55. The van der Waals surface area contributed by atoms with E-state index in [-0.39, 0.29) is 0 Å². The highest BCUT2D eigenvalue weighted by atomic mass is 16.4. The first kappa shape index (κ1) is 13.9. The number of benzene rings is 1. The number of nitrogens with zero attached hydrogens (tertiary/aromatic N) is 2. The van der Waals surface area contributed by atoms with Gasteiger partial charge in [0.15, 0.2) is 5.58 Å². The number of rotatable bonds is 4. The lowest BCUT2D eigenvalue weighted by Gasteiger charge is -2.27. The smallest absolute Gasteiger partial charge is 0.298 e. The number of carbonyl (C=O) groups excluding carboxylic acids is 1. The molecule has 1 aliphatic heterocycles. The van der Waals surface area contributed by atoms with Crippen LogP contribution < -0.4 is 16.0 Å². The number of nitrogens with two attached hydrogens (primary N) is 1. The fourth-order valence-electron chi connectivity index (χ4n) is 2.87. The Morgan fingerprint density at radius 1 is 1.57 bits per heavy atom. The maximum atomic E-state index is 11.5. The van der Waals surface area contributed by atoms with Crippen LogP contribution in [0.15, 0.2) is 22.6 Å². The van der Waals surface area contributed by atoms with Crippen LogP contribution in [-0.4, -0.2) is 37.1 Å². The molecular weight excluding hydrogens is 268 g/mol. The molecule has 2 unspecified atom stereocenters. The molecule has 1 aromatic heterocycles. The number of fused-ring (bicyclic) bond motifs is 1. The van der Waals surface area contributed by atoms with Gasteiger partial charge in [-0.15, -0.1) is 0 Å². The predicted octanol–water partition coefficient (Wildman–Crippen LogP) is 1.36. The number of amides is 1. The van der Waals surface area contributed by atoms with Gasteiger partial charge in [0.25, 0.3) is 11.9 Å². The summed E-state index contributed by atoms with van der Waals surface area (Å²) >= 11 is 0. The molecule has 1 saturated heterocycles. The summed E-state index contributed by atoms with van der Waals surface area (Å²) < 4.78 is 5.79. The summed E-state index contributed by atoms with van der Waals surface area (Å²) in [5.41, 5.74) is 6.90. The minimum Gasteiger partial charge on any atom is -0.423 e. The predicted molar refractivity (Wildman–Crippen MR) is 81.4 cm³/mol. The highest BCUT2D eigenvalue weighted by Gasteiger charge is 2.27. The number of anilines is 1. The SMILES string of the molecule is CC(C1CCNC1)N(C)c1nc2c(C(N)=O)cccc2o1. The van der Waals surface area contributed by atoms with Crippen LogP contribution in [0.25, 0.3) is 11.1 Å². The van der Waals surface area contributed by atoms with Crippen molar-refractivity contribution in [3.05, 3.63) is 23.8 Å². The highest BCUT2D eigenvalue weighted by Crippen LogP contribution is 2.27. The lowest BCUT2D eigenvalue weighted by Crippen LogP contribution is -2.36. The zero-order valence-electron chi connectivity index (χ0n) is 12.3. The van der Waals surface area contributed by atoms with E-state index in [1.807, 2.05) is 11.9 Å². The van der Waals surface area contributed by atoms with Gasteiger partial charge in [0.2, 0.25) is 0 Å². The van der Waals surface area contributed by atoms with Crippen molar-refractivity contribution in [2.75, 3.05) is 25.0 Å². The van der Waals surface area contributed by atoms with Gasteiger partial charge in [-0.25, -0.2) is 0 Å². The molecule has 0 saturated carbocycles. The number of carbonyl (C=O) groups is 1. The molecule has 21 heavy (non-hydrogen) atoms. The van der Waals surface area contributed by atoms with E-state index in [1.54, 1.807) is 18.2 Å². The maximum absolute atomic E-state index is 11.5. The Labute approximate surface area is 123 Å². The van der Waals surface area contributed by atoms with Crippen LogP contribution in [0.3, 0.4) is 0 Å². The monoisotopic (exact) mass is 288 g/mol. The average Bonchev–Trinajstić information content (AvgIpc) is 3.13. The molecule has 0 aliphatic carbocycles. The summed E-state index contributed by atoms with van der Waals surface area (Å²) in [5.74, 6) is 0.0803. The molecular formula is C15H20N4O2. The Balaban J connectivity index is 1.93. The first-order chi connectivity index (χ1) is 10.1. The van der Waals surface area contributed by atoms with E-state index >= 15 is 0 Å². The largest absolute Gasteiger partial charge is 0.423 e. The molecule has 6 nitrogen and oxygen atoms in total. The Morgan fingerprint density at radius 3 is 3.05 bits per heavy atom. The molecule has 112 valence electrons. The third kappa shape index (κ3) is 2.47. The average molecular weight is 288 g/mol. The van der Waals surface area contributed by atoms with Crippen molar-refractivity contribution < 1.29 is 9.21 Å². The van der Waals surface area contributed by atoms with Crippen molar-refractivity contribution in [2.45, 2.75) is 19.4 Å². The van der Waals surface area contributed by atoms with Gasteiger partial charge in [-0.05, 0) is 44.5 Å². The standard InChI is InChI=1S/C15H20N4O2/c1-9(10-6-7-17-8-10)19(2)15-18-13-11(14(16)20)4-3-5-12(13)21-15/h3-5,9-10,17H,6-8H2,1-2H3,(H2,16,20). The zero-order valence-corrected chi connectivity index (χ0v) is 12.3. The fourth-order valence-corrected chi connectivity index (χ4v) is 2.87. The van der Waals surface area contributed by atoms with Gasteiger partial charge < -0.3 is 20.4 Å². The van der Waals surface area contributed by atoms with E-state index in [9.17, 15) is 4.79 Å². The molecule has 1 aliphatic rings. The van der Waals surface area contributed by atoms with Crippen molar-refractivity contribution in [1.29, 1.82) is 0 Å². The molecule has 0 bridgehead atoms. The third-order valence-corrected chi connectivity index (χ3v) is 4.37. The molecule has 6 heteroatoms. The summed E-state index contributed by atoms with van der Waals surface area (Å²) in [6, 6.07) is 6.06. The van der Waals surface area contributed by atoms with Gasteiger partial charge in [0.05, 0.1) is 5.56 Å². The van der Waals surface area contributed by atoms with E-state index in [1.165, 1.54) is 0 Å². The first-order valence-corrected chi connectivity index (χ1v) is 7.21. The topological polar surface area (TPSA) is 84.4 Å². The molecule has 2 aromatic rings. The second-order valence-corrected chi connectivity index (χ2v) is 5.62. The number of para-hydroxylation sites is 1. The van der Waals surface area contributed by atoms with Crippen LogP contribution in [0, 0.1) is 5.92 Å². The second kappa shape index (κ2) is 5.37. The molecule has 3 N–H and O–H groups in total. The molecule has 2 atom stereocenters. The number of hydrogen-bond donors (Lipinski definition) is 2. The second-order valence-electron chi connectivity index (χ2n) is 5.62. The van der Waals surface area contributed by atoms with Gasteiger partial charge in [0, 0.05) is 13.1 Å². The molecule has 1 aromatic carbocycles. The van der Waals surface area contributed by atoms with Crippen LogP contribution in [0.5, 0.6) is 0 Å². The van der Waals surface area contributed by atoms with E-state index in [0.717, 1.165) is 19.5 Å². The third-order valence-electron chi connectivity index (χ3n) is 4.37. The minimum atomic E-state index is -0.490. The van der Waals surface area contributed by atoms with Crippen molar-refractivity contribution in [2.24, 2.45) is 11.7 Å². The maximum Gasteiger partial charge on any atom is 0.298 e. The van der Waals surface area contributed by atoms with Crippen LogP contribution >= 0.6 is 0 Å². The van der Waals surface area contributed by atoms with Crippen LogP contribution in [0.1, 0.15) is 23.7 Å². The number of aromatic nitrogens is 1. The quantitative estimate of drug-likeness (QED) is 0.887. The molecule has 1 fully saturated rings. The molecule has 0 spiro atoms. The van der Waals surface area contributed by atoms with Gasteiger partial charge in [0.1, 0.15) is 5.52 Å². The zero-order chi connectivity index (χ0) is 15.0. The summed E-state index contributed by atoms with van der Waals surface area (Å²) in [5, 5.41) is 3.37. The number of hydrogen-bond acceptors (Lipinski definition) is 5. The van der Waals surface area contributed by atoms with Crippen LogP contribution in [0.2, 0.25) is 0 Å². The Morgan fingerprint density at radius 2 is 2.38 bits per heavy atom. The fraction of sp³-hybridized carbons (Fsp3) is 0.467. The van der Waals surface area contributed by atoms with Gasteiger partial charge in [-0.2, -0.15) is 4.98 Å². The Hall–Kier alpha value is -2.08. The van der Waals surface area contributed by atoms with Crippen molar-refractivity contribution in [1.82, 2.24) is 10.3 Å². The summed E-state index contributed by atoms with van der Waals surface area (Å²) in [7, 11) is 1.97. The van der Waals surface area contributed by atoms with Crippen molar-refractivity contribution in [3.8, 4) is 0 Å².